The molecule has 7 rings (SSSR count). The van der Waals surface area contributed by atoms with Crippen LogP contribution >= 0.6 is 11.3 Å². The van der Waals surface area contributed by atoms with E-state index in [1.54, 1.807) is 0 Å². The Balaban J connectivity index is 0.000000188. The van der Waals surface area contributed by atoms with Crippen LogP contribution in [0.1, 0.15) is 5.56 Å². The minimum Gasteiger partial charge on any atom is 0 e. The summed E-state index contributed by atoms with van der Waals surface area (Å²) in [5.74, 6) is 7.14. The summed E-state index contributed by atoms with van der Waals surface area (Å²) in [7, 11) is 0. The monoisotopic (exact) mass is 815 g/mol. The van der Waals surface area contributed by atoms with Gasteiger partial charge in [0, 0.05) is 31.0 Å². The molecule has 0 aliphatic carbocycles. The fraction of sp³-hybridized carbons (Fsp3) is 0.105. The molecule has 3 heterocycles. The first-order valence-electron chi connectivity index (χ1n) is 14.2. The average molecular weight is 814 g/mol. The van der Waals surface area contributed by atoms with Gasteiger partial charge in [-0.1, -0.05) is 59.5 Å². The van der Waals surface area contributed by atoms with E-state index in [1.807, 2.05) is 54.1 Å². The average Bonchev–Trinajstić information content (AvgIpc) is 3.39. The quantitative estimate of drug-likeness (QED) is 0.131. The van der Waals surface area contributed by atoms with E-state index in [-0.39, 0.29) is 20.1 Å². The zero-order valence-corrected chi connectivity index (χ0v) is 30.0. The van der Waals surface area contributed by atoms with Crippen LogP contribution in [0.2, 0.25) is 17.3 Å². The molecule has 0 bridgehead atoms. The third-order valence-electron chi connectivity index (χ3n) is 7.32. The van der Waals surface area contributed by atoms with Crippen LogP contribution in [0.15, 0.2) is 122 Å². The zero-order valence-electron chi connectivity index (χ0n) is 24.7. The van der Waals surface area contributed by atoms with E-state index in [9.17, 15) is 0 Å². The first-order chi connectivity index (χ1) is 20.3. The van der Waals surface area contributed by atoms with Crippen molar-refractivity contribution in [1.82, 2.24) is 9.97 Å². The number of benzene rings is 4. The van der Waals surface area contributed by atoms with E-state index < -0.39 is 13.3 Å². The number of rotatable bonds is 4. The maximum absolute atomic E-state index is 4.53. The summed E-state index contributed by atoms with van der Waals surface area (Å²) in [5, 5.41) is 2.58. The Bertz CT molecular complexity index is 1960. The number of aryl methyl sites for hydroxylation is 1. The Labute approximate surface area is 274 Å². The molecule has 0 saturated carbocycles. The van der Waals surface area contributed by atoms with Crippen LogP contribution < -0.4 is 4.40 Å². The molecule has 0 spiro atoms. The van der Waals surface area contributed by atoms with Gasteiger partial charge in [-0.05, 0) is 46.0 Å². The molecule has 0 amide bonds. The fourth-order valence-corrected chi connectivity index (χ4v) is 8.19. The van der Waals surface area contributed by atoms with Crippen molar-refractivity contribution in [3.05, 3.63) is 139 Å². The van der Waals surface area contributed by atoms with Crippen molar-refractivity contribution in [2.24, 2.45) is 0 Å². The maximum Gasteiger partial charge on any atom is 0 e. The van der Waals surface area contributed by atoms with Gasteiger partial charge in [0.2, 0.25) is 0 Å². The van der Waals surface area contributed by atoms with Crippen molar-refractivity contribution in [2.75, 3.05) is 0 Å². The standard InChI is InChI=1S/C24H16NS.C14H16GeN.Ir/c1-16-11-12-25-22(13-16)19-8-10-23-21(14-19)20-9-7-18(15-24(20)26-23)17-5-3-2-4-6-17;1-15(2,3)13-9-10-14(16-11-13)12-7-5-4-6-8-12;/h2-7,9-15H,1H3;4-7,9-11H,1-3H3;/q2*-1;. The van der Waals surface area contributed by atoms with Gasteiger partial charge in [0.15, 0.2) is 0 Å². The van der Waals surface area contributed by atoms with Gasteiger partial charge >= 0.3 is 99.8 Å². The van der Waals surface area contributed by atoms with Crippen LogP contribution in [0, 0.1) is 19.1 Å². The summed E-state index contributed by atoms with van der Waals surface area (Å²) >= 11 is 0.110. The Hall–Kier alpha value is -3.41. The molecule has 0 aliphatic rings. The van der Waals surface area contributed by atoms with Crippen LogP contribution in [0.25, 0.3) is 53.8 Å². The van der Waals surface area contributed by atoms with Gasteiger partial charge in [0.1, 0.15) is 0 Å². The van der Waals surface area contributed by atoms with E-state index in [0.717, 1.165) is 22.5 Å². The summed E-state index contributed by atoms with van der Waals surface area (Å²) in [5.41, 5.74) is 7.83. The largest absolute Gasteiger partial charge is 0 e. The van der Waals surface area contributed by atoms with E-state index in [0.29, 0.717) is 0 Å². The van der Waals surface area contributed by atoms with Crippen molar-refractivity contribution in [3.8, 4) is 33.6 Å². The molecular weight excluding hydrogens is 781 g/mol. The number of hydrogen-bond acceptors (Lipinski definition) is 3. The van der Waals surface area contributed by atoms with E-state index in [2.05, 4.69) is 125 Å². The van der Waals surface area contributed by atoms with E-state index in [1.165, 1.54) is 41.3 Å². The summed E-state index contributed by atoms with van der Waals surface area (Å²) in [4.78, 5) is 9.04. The van der Waals surface area contributed by atoms with Crippen LogP contribution in [0.5, 0.6) is 0 Å². The molecule has 215 valence electrons. The van der Waals surface area contributed by atoms with Crippen molar-refractivity contribution in [3.63, 3.8) is 0 Å². The molecule has 3 aromatic heterocycles. The number of nitrogens with zero attached hydrogens (tertiary/aromatic N) is 2. The molecule has 2 nitrogen and oxygen atoms in total. The second-order valence-electron chi connectivity index (χ2n) is 11.5. The molecule has 5 heteroatoms. The summed E-state index contributed by atoms with van der Waals surface area (Å²) < 4.78 is 4.02. The van der Waals surface area contributed by atoms with Gasteiger partial charge in [-0.2, -0.15) is 11.3 Å². The van der Waals surface area contributed by atoms with Crippen LogP contribution in [0.3, 0.4) is 0 Å². The molecule has 0 atom stereocenters. The fourth-order valence-electron chi connectivity index (χ4n) is 4.91. The van der Waals surface area contributed by atoms with Gasteiger partial charge in [0.05, 0.1) is 0 Å². The normalized spacial score (nSPS) is 11.1. The Morgan fingerprint density at radius 1 is 0.651 bits per heavy atom. The van der Waals surface area contributed by atoms with E-state index >= 15 is 0 Å². The van der Waals surface area contributed by atoms with Gasteiger partial charge in [-0.15, -0.1) is 23.8 Å². The molecule has 0 aliphatic heterocycles. The van der Waals surface area contributed by atoms with Crippen LogP contribution in [-0.4, -0.2) is 23.2 Å². The van der Waals surface area contributed by atoms with Crippen LogP contribution in [0.4, 0.5) is 0 Å². The number of hydrogen-bond donors (Lipinski definition) is 0. The van der Waals surface area contributed by atoms with Gasteiger partial charge < -0.3 is 4.98 Å². The van der Waals surface area contributed by atoms with Crippen LogP contribution in [-0.2, 0) is 20.1 Å². The van der Waals surface area contributed by atoms with Gasteiger partial charge in [-0.3, -0.25) is 0 Å². The summed E-state index contributed by atoms with van der Waals surface area (Å²) in [6.07, 6.45) is 3.90. The van der Waals surface area contributed by atoms with Crippen molar-refractivity contribution < 1.29 is 20.1 Å². The molecule has 1 radical (unpaired) electrons. The number of pyridine rings is 2. The Kier molecular flexibility index (Phi) is 9.73. The molecule has 43 heavy (non-hydrogen) atoms. The summed E-state index contributed by atoms with van der Waals surface area (Å²) in [6, 6.07) is 44.6. The molecule has 0 saturated heterocycles. The molecular formula is C38H32GeIrN2S-2. The zero-order chi connectivity index (χ0) is 29.1. The molecule has 0 unspecified atom stereocenters. The van der Waals surface area contributed by atoms with Crippen molar-refractivity contribution in [2.45, 2.75) is 24.2 Å². The Morgan fingerprint density at radius 2 is 1.47 bits per heavy atom. The topological polar surface area (TPSA) is 25.8 Å². The third-order valence-corrected chi connectivity index (χ3v) is 12.7. The van der Waals surface area contributed by atoms with Gasteiger partial charge in [0.25, 0.3) is 0 Å². The minimum absolute atomic E-state index is 0. The SMILES string of the molecule is Cc1ccnc(-c2[c-]cc3sc4cc(-c5ccccc5)ccc4c3c2)c1.[CH3][Ge]([CH3])([CH3])[c]1ccc(-c2[c-]cccc2)nc1.[Ir]. The predicted octanol–water partition coefficient (Wildman–Crippen LogP) is 9.98. The van der Waals surface area contributed by atoms with Gasteiger partial charge in [-0.25, -0.2) is 0 Å². The molecule has 0 fully saturated rings. The van der Waals surface area contributed by atoms with Crippen molar-refractivity contribution >= 4 is 49.2 Å². The number of thiophene rings is 1. The Morgan fingerprint density at radius 3 is 2.16 bits per heavy atom. The molecule has 4 aromatic carbocycles. The first kappa shape index (κ1) is 31.0. The number of fused-ring (bicyclic) bond motifs is 3. The second-order valence-corrected chi connectivity index (χ2v) is 23.2. The maximum atomic E-state index is 4.53. The van der Waals surface area contributed by atoms with E-state index in [4.69, 9.17) is 0 Å². The molecule has 0 N–H and O–H groups in total. The van der Waals surface area contributed by atoms with Crippen molar-refractivity contribution in [1.29, 1.82) is 0 Å². The second kappa shape index (κ2) is 13.5. The smallest absolute Gasteiger partial charge is 0 e. The minimum atomic E-state index is -1.72. The number of aromatic nitrogens is 2. The predicted molar refractivity (Wildman–Crippen MR) is 183 cm³/mol. The summed E-state index contributed by atoms with van der Waals surface area (Å²) in [6.45, 7) is 2.09. The molecule has 7 aromatic rings. The first-order valence-corrected chi connectivity index (χ1v) is 22.3. The third kappa shape index (κ3) is 7.22.